The third-order valence-corrected chi connectivity index (χ3v) is 4.39. The summed E-state index contributed by atoms with van der Waals surface area (Å²) in [5.41, 5.74) is 3.42. The van der Waals surface area contributed by atoms with Gasteiger partial charge in [0.1, 0.15) is 0 Å². The smallest absolute Gasteiger partial charge is 0.195 e. The Kier molecular flexibility index (Phi) is 6.41. The molecule has 1 heterocycles. The summed E-state index contributed by atoms with van der Waals surface area (Å²) in [7, 11) is 5.86. The van der Waals surface area contributed by atoms with E-state index in [4.69, 9.17) is 9.47 Å². The highest BCUT2D eigenvalue weighted by Crippen LogP contribution is 2.32. The fourth-order valence-corrected chi connectivity index (χ4v) is 2.84. The van der Waals surface area contributed by atoms with Crippen molar-refractivity contribution in [3.05, 3.63) is 48.0 Å². The van der Waals surface area contributed by atoms with Gasteiger partial charge in [-0.3, -0.25) is 4.99 Å². The molecule has 0 spiro atoms. The summed E-state index contributed by atoms with van der Waals surface area (Å²) in [5.74, 6) is 2.30. The van der Waals surface area contributed by atoms with Crippen LogP contribution in [0.1, 0.15) is 12.0 Å². The van der Waals surface area contributed by atoms with Crippen molar-refractivity contribution in [1.29, 1.82) is 0 Å². The average molecular weight is 368 g/mol. The van der Waals surface area contributed by atoms with Crippen molar-refractivity contribution in [2.24, 2.45) is 4.99 Å². The predicted octanol–water partition coefficient (Wildman–Crippen LogP) is 3.14. The van der Waals surface area contributed by atoms with Crippen LogP contribution in [-0.2, 0) is 6.42 Å². The second-order valence-electron chi connectivity index (χ2n) is 6.65. The molecular weight excluding hydrogens is 340 g/mol. The third-order valence-electron chi connectivity index (χ3n) is 4.39. The Morgan fingerprint density at radius 2 is 1.78 bits per heavy atom. The highest BCUT2D eigenvalue weighted by Gasteiger charge is 2.11. The number of rotatable bonds is 5. The molecule has 0 bridgehead atoms. The van der Waals surface area contributed by atoms with E-state index in [1.807, 2.05) is 32.3 Å². The maximum absolute atomic E-state index is 5.74. The maximum Gasteiger partial charge on any atom is 0.195 e. The minimum Gasteiger partial charge on any atom is -0.490 e. The first-order chi connectivity index (χ1) is 13.2. The molecule has 0 saturated heterocycles. The number of anilines is 2. The lowest BCUT2D eigenvalue weighted by atomic mass is 10.1. The molecule has 0 radical (unpaired) electrons. The lowest BCUT2D eigenvalue weighted by Gasteiger charge is -2.15. The summed E-state index contributed by atoms with van der Waals surface area (Å²) in [6.07, 6.45) is 1.83. The van der Waals surface area contributed by atoms with Crippen molar-refractivity contribution in [2.75, 3.05) is 51.1 Å². The van der Waals surface area contributed by atoms with E-state index in [2.05, 4.69) is 44.8 Å². The van der Waals surface area contributed by atoms with Gasteiger partial charge in [-0.25, -0.2) is 0 Å². The molecular formula is C21H28N4O2. The first-order valence-corrected chi connectivity index (χ1v) is 9.29. The predicted molar refractivity (Wildman–Crippen MR) is 112 cm³/mol. The van der Waals surface area contributed by atoms with Crippen LogP contribution in [0.5, 0.6) is 11.5 Å². The lowest BCUT2D eigenvalue weighted by molar-refractivity contribution is 0.297. The monoisotopic (exact) mass is 368 g/mol. The number of guanidine groups is 1. The number of aliphatic imine (C=N–C) groups is 1. The second kappa shape index (κ2) is 9.16. The molecule has 0 saturated carbocycles. The number of hydrogen-bond acceptors (Lipinski definition) is 4. The van der Waals surface area contributed by atoms with Crippen molar-refractivity contribution in [3.8, 4) is 11.5 Å². The lowest BCUT2D eigenvalue weighted by Crippen LogP contribution is -2.32. The highest BCUT2D eigenvalue weighted by atomic mass is 16.5. The molecule has 2 aromatic rings. The summed E-state index contributed by atoms with van der Waals surface area (Å²) in [6.45, 7) is 2.17. The fraction of sp³-hybridized carbons (Fsp3) is 0.381. The number of hydrogen-bond donors (Lipinski definition) is 2. The van der Waals surface area contributed by atoms with Crippen LogP contribution in [0.15, 0.2) is 47.5 Å². The van der Waals surface area contributed by atoms with Crippen LogP contribution < -0.4 is 25.0 Å². The summed E-state index contributed by atoms with van der Waals surface area (Å²) < 4.78 is 11.4. The fourth-order valence-electron chi connectivity index (χ4n) is 2.84. The van der Waals surface area contributed by atoms with Gasteiger partial charge in [0.2, 0.25) is 0 Å². The quantitative estimate of drug-likeness (QED) is 0.627. The van der Waals surface area contributed by atoms with Crippen LogP contribution in [0.4, 0.5) is 11.4 Å². The molecule has 27 heavy (non-hydrogen) atoms. The Hall–Kier alpha value is -2.89. The molecule has 0 amide bonds. The standard InChI is InChI=1S/C21H28N4O2/c1-22-21(23-12-11-16-5-8-18(9-6-16)25(2)3)24-17-7-10-19-20(15-17)27-14-4-13-26-19/h5-10,15H,4,11-14H2,1-3H3,(H2,22,23,24). The van der Waals surface area contributed by atoms with Crippen molar-refractivity contribution >= 4 is 17.3 Å². The van der Waals surface area contributed by atoms with E-state index in [0.29, 0.717) is 13.2 Å². The van der Waals surface area contributed by atoms with Crippen LogP contribution in [0.25, 0.3) is 0 Å². The number of nitrogens with zero attached hydrogens (tertiary/aromatic N) is 2. The van der Waals surface area contributed by atoms with Gasteiger partial charge in [0.25, 0.3) is 0 Å². The van der Waals surface area contributed by atoms with Crippen molar-refractivity contribution in [1.82, 2.24) is 5.32 Å². The molecule has 3 rings (SSSR count). The van der Waals surface area contributed by atoms with E-state index in [0.717, 1.165) is 42.5 Å². The van der Waals surface area contributed by atoms with Gasteiger partial charge in [-0.1, -0.05) is 12.1 Å². The normalized spacial score (nSPS) is 13.7. The zero-order chi connectivity index (χ0) is 19.1. The van der Waals surface area contributed by atoms with Gasteiger partial charge in [0.05, 0.1) is 13.2 Å². The Morgan fingerprint density at radius 3 is 2.48 bits per heavy atom. The van der Waals surface area contributed by atoms with Gasteiger partial charge in [-0.15, -0.1) is 0 Å². The van der Waals surface area contributed by atoms with E-state index in [1.54, 1.807) is 7.05 Å². The van der Waals surface area contributed by atoms with Crippen molar-refractivity contribution < 1.29 is 9.47 Å². The molecule has 2 aromatic carbocycles. The van der Waals surface area contributed by atoms with Gasteiger partial charge in [-0.05, 0) is 36.2 Å². The Morgan fingerprint density at radius 1 is 1.04 bits per heavy atom. The van der Waals surface area contributed by atoms with E-state index in [-0.39, 0.29) is 0 Å². The van der Waals surface area contributed by atoms with Crippen molar-refractivity contribution in [3.63, 3.8) is 0 Å². The van der Waals surface area contributed by atoms with E-state index in [1.165, 1.54) is 11.3 Å². The minimum absolute atomic E-state index is 0.677. The number of benzene rings is 2. The SMILES string of the molecule is CN=C(NCCc1ccc(N(C)C)cc1)Nc1ccc2c(c1)OCCCO2. The molecule has 2 N–H and O–H groups in total. The van der Waals surface area contributed by atoms with E-state index >= 15 is 0 Å². The van der Waals surface area contributed by atoms with E-state index in [9.17, 15) is 0 Å². The van der Waals surface area contributed by atoms with Crippen LogP contribution in [0.2, 0.25) is 0 Å². The zero-order valence-corrected chi connectivity index (χ0v) is 16.3. The van der Waals surface area contributed by atoms with Crippen LogP contribution in [0, 0.1) is 0 Å². The average Bonchev–Trinajstić information content (AvgIpc) is 2.92. The highest BCUT2D eigenvalue weighted by molar-refractivity contribution is 5.93. The molecule has 1 aliphatic heterocycles. The summed E-state index contributed by atoms with van der Waals surface area (Å²) >= 11 is 0. The van der Waals surface area contributed by atoms with Gasteiger partial charge < -0.3 is 25.0 Å². The molecule has 1 aliphatic rings. The van der Waals surface area contributed by atoms with Crippen LogP contribution in [-0.4, -0.2) is 46.9 Å². The number of ether oxygens (including phenoxy) is 2. The van der Waals surface area contributed by atoms with Gasteiger partial charge in [0, 0.05) is 51.5 Å². The van der Waals surface area contributed by atoms with E-state index < -0.39 is 0 Å². The molecule has 0 aromatic heterocycles. The van der Waals surface area contributed by atoms with Gasteiger partial charge in [-0.2, -0.15) is 0 Å². The second-order valence-corrected chi connectivity index (χ2v) is 6.65. The molecule has 6 heteroatoms. The number of nitrogens with one attached hydrogen (secondary N) is 2. The Balaban J connectivity index is 1.53. The molecule has 0 unspecified atom stereocenters. The van der Waals surface area contributed by atoms with Crippen LogP contribution in [0.3, 0.4) is 0 Å². The maximum atomic E-state index is 5.74. The van der Waals surface area contributed by atoms with Crippen molar-refractivity contribution in [2.45, 2.75) is 12.8 Å². The van der Waals surface area contributed by atoms with Gasteiger partial charge in [0.15, 0.2) is 17.5 Å². The molecule has 6 nitrogen and oxygen atoms in total. The molecule has 0 atom stereocenters. The largest absolute Gasteiger partial charge is 0.490 e. The Labute approximate surface area is 161 Å². The third kappa shape index (κ3) is 5.29. The minimum atomic E-state index is 0.677. The zero-order valence-electron chi connectivity index (χ0n) is 16.3. The van der Waals surface area contributed by atoms with Gasteiger partial charge >= 0.3 is 0 Å². The topological polar surface area (TPSA) is 58.1 Å². The first-order valence-electron chi connectivity index (χ1n) is 9.29. The summed E-state index contributed by atoms with van der Waals surface area (Å²) in [4.78, 5) is 6.40. The molecule has 0 aliphatic carbocycles. The molecule has 0 fully saturated rings. The Bertz CT molecular complexity index is 772. The summed E-state index contributed by atoms with van der Waals surface area (Å²) in [5, 5.41) is 6.66. The molecule has 144 valence electrons. The first kappa shape index (κ1) is 18.9. The summed E-state index contributed by atoms with van der Waals surface area (Å²) in [6, 6.07) is 14.5. The van der Waals surface area contributed by atoms with Crippen LogP contribution >= 0.6 is 0 Å². The number of fused-ring (bicyclic) bond motifs is 1.